The second-order valence-corrected chi connectivity index (χ2v) is 7.52. The second kappa shape index (κ2) is 8.61. The Morgan fingerprint density at radius 2 is 1.89 bits per heavy atom. The van der Waals surface area contributed by atoms with Crippen LogP contribution in [0.2, 0.25) is 0 Å². The van der Waals surface area contributed by atoms with Crippen LogP contribution in [0.1, 0.15) is 59.3 Å². The Morgan fingerprint density at radius 3 is 2.54 bits per heavy atom. The molecular formula is C24H29NO3. The van der Waals surface area contributed by atoms with Gasteiger partial charge in [-0.05, 0) is 62.2 Å². The number of aryl methyl sites for hydroxylation is 2. The first kappa shape index (κ1) is 20.2. The number of ether oxygens (including phenoxy) is 1. The van der Waals surface area contributed by atoms with Crippen LogP contribution in [0.5, 0.6) is 11.5 Å². The van der Waals surface area contributed by atoms with Gasteiger partial charge in [0.1, 0.15) is 11.5 Å². The third-order valence-electron chi connectivity index (χ3n) is 5.23. The molecule has 0 amide bonds. The van der Waals surface area contributed by atoms with Crippen LogP contribution in [0.15, 0.2) is 36.1 Å². The molecule has 28 heavy (non-hydrogen) atoms. The molecule has 1 aliphatic rings. The average Bonchev–Trinajstić information content (AvgIpc) is 3.00. The number of carbonyl (C=O) groups is 1. The number of phenolic OH excluding ortho intramolecular Hbond substituents is 1. The molecule has 148 valence electrons. The monoisotopic (exact) mass is 379 g/mol. The number of phenols is 1. The molecule has 0 atom stereocenters. The van der Waals surface area contributed by atoms with E-state index >= 15 is 0 Å². The van der Waals surface area contributed by atoms with E-state index < -0.39 is 0 Å². The summed E-state index contributed by atoms with van der Waals surface area (Å²) in [5.41, 5.74) is 4.16. The zero-order chi connectivity index (χ0) is 20.3. The van der Waals surface area contributed by atoms with E-state index in [9.17, 15) is 9.90 Å². The fourth-order valence-corrected chi connectivity index (χ4v) is 3.51. The van der Waals surface area contributed by atoms with Crippen molar-refractivity contribution in [3.8, 4) is 11.5 Å². The summed E-state index contributed by atoms with van der Waals surface area (Å²) in [5.74, 6) is 0.873. The number of hydrogen-bond acceptors (Lipinski definition) is 4. The van der Waals surface area contributed by atoms with Crippen LogP contribution in [-0.2, 0) is 13.0 Å². The highest BCUT2D eigenvalue weighted by molar-refractivity contribution is 6.15. The van der Waals surface area contributed by atoms with Gasteiger partial charge in [-0.2, -0.15) is 0 Å². The topological polar surface area (TPSA) is 49.8 Å². The van der Waals surface area contributed by atoms with Gasteiger partial charge in [0.25, 0.3) is 0 Å². The second-order valence-electron chi connectivity index (χ2n) is 7.52. The van der Waals surface area contributed by atoms with Crippen LogP contribution < -0.4 is 4.74 Å². The summed E-state index contributed by atoms with van der Waals surface area (Å²) >= 11 is 0. The first-order chi connectivity index (χ1) is 13.4. The van der Waals surface area contributed by atoms with Crippen molar-refractivity contribution in [2.75, 3.05) is 13.6 Å². The molecule has 1 N–H and O–H groups in total. The molecule has 0 aromatic heterocycles. The summed E-state index contributed by atoms with van der Waals surface area (Å²) in [5, 5.41) is 10.5. The van der Waals surface area contributed by atoms with Crippen molar-refractivity contribution in [1.29, 1.82) is 0 Å². The van der Waals surface area contributed by atoms with Gasteiger partial charge in [-0.1, -0.05) is 44.5 Å². The Bertz CT molecular complexity index is 897. The Hall–Kier alpha value is -2.59. The number of benzene rings is 2. The van der Waals surface area contributed by atoms with Crippen molar-refractivity contribution >= 4 is 11.9 Å². The lowest BCUT2D eigenvalue weighted by Crippen LogP contribution is -2.19. The molecule has 0 spiro atoms. The zero-order valence-electron chi connectivity index (χ0n) is 17.2. The predicted octanol–water partition coefficient (Wildman–Crippen LogP) is 5.11. The lowest BCUT2D eigenvalue weighted by atomic mass is 9.99. The van der Waals surface area contributed by atoms with Crippen molar-refractivity contribution < 1.29 is 14.6 Å². The van der Waals surface area contributed by atoms with Crippen LogP contribution in [-0.4, -0.2) is 29.4 Å². The number of Topliss-reactive ketones (excluding diaryl/α,β-unsaturated/α-hetero) is 1. The summed E-state index contributed by atoms with van der Waals surface area (Å²) < 4.78 is 6.00. The molecule has 0 unspecified atom stereocenters. The lowest BCUT2D eigenvalue weighted by molar-refractivity contribution is 0.101. The minimum atomic E-state index is -0.121. The van der Waals surface area contributed by atoms with Crippen LogP contribution in [0.4, 0.5) is 0 Å². The smallest absolute Gasteiger partial charge is 0.232 e. The van der Waals surface area contributed by atoms with Gasteiger partial charge in [0.15, 0.2) is 5.76 Å². The molecule has 1 heterocycles. The normalized spacial score (nSPS) is 14.6. The maximum atomic E-state index is 13.0. The third kappa shape index (κ3) is 4.12. The van der Waals surface area contributed by atoms with Gasteiger partial charge in [-0.25, -0.2) is 0 Å². The molecule has 0 saturated carbocycles. The summed E-state index contributed by atoms with van der Waals surface area (Å²) in [7, 11) is 2.02. The minimum absolute atomic E-state index is 0.121. The van der Waals surface area contributed by atoms with E-state index in [1.807, 2.05) is 26.1 Å². The number of fused-ring (bicyclic) bond motifs is 1. The Balaban J connectivity index is 1.93. The van der Waals surface area contributed by atoms with Gasteiger partial charge in [-0.3, -0.25) is 4.79 Å². The van der Waals surface area contributed by atoms with Crippen molar-refractivity contribution in [1.82, 2.24) is 4.90 Å². The molecule has 4 nitrogen and oxygen atoms in total. The molecule has 4 heteroatoms. The zero-order valence-corrected chi connectivity index (χ0v) is 17.2. The van der Waals surface area contributed by atoms with Crippen LogP contribution in [0.25, 0.3) is 6.08 Å². The van der Waals surface area contributed by atoms with Crippen LogP contribution in [0.3, 0.4) is 0 Å². The van der Waals surface area contributed by atoms with Crippen LogP contribution >= 0.6 is 0 Å². The van der Waals surface area contributed by atoms with E-state index in [-0.39, 0.29) is 11.5 Å². The number of unbranched alkanes of at least 4 members (excludes halogenated alkanes) is 1. The standard InChI is InChI=1S/C24H29NO3/c1-5-7-12-25(4)15-19-20(26)13-16(3)22-23(27)21(28-24(19)22)14-18-10-8-17(6-2)9-11-18/h8-11,13-14,26H,5-7,12,15H2,1-4H3/b21-14-. The molecule has 0 aliphatic carbocycles. The quantitative estimate of drug-likeness (QED) is 0.679. The maximum absolute atomic E-state index is 13.0. The molecule has 2 aromatic rings. The highest BCUT2D eigenvalue weighted by Gasteiger charge is 2.33. The van der Waals surface area contributed by atoms with E-state index in [4.69, 9.17) is 4.74 Å². The maximum Gasteiger partial charge on any atom is 0.232 e. The van der Waals surface area contributed by atoms with E-state index in [2.05, 4.69) is 30.9 Å². The molecule has 0 radical (unpaired) electrons. The molecule has 2 aromatic carbocycles. The highest BCUT2D eigenvalue weighted by Crippen LogP contribution is 2.42. The lowest BCUT2D eigenvalue weighted by Gasteiger charge is -2.19. The number of aromatic hydroxyl groups is 1. The number of hydrogen-bond donors (Lipinski definition) is 1. The Kier molecular flexibility index (Phi) is 6.20. The summed E-state index contributed by atoms with van der Waals surface area (Å²) in [6, 6.07) is 9.78. The third-order valence-corrected chi connectivity index (χ3v) is 5.23. The minimum Gasteiger partial charge on any atom is -0.507 e. The number of nitrogens with zero attached hydrogens (tertiary/aromatic N) is 1. The molecule has 0 saturated heterocycles. The fourth-order valence-electron chi connectivity index (χ4n) is 3.51. The van der Waals surface area contributed by atoms with Gasteiger partial charge < -0.3 is 14.7 Å². The van der Waals surface area contributed by atoms with Crippen molar-refractivity contribution in [2.45, 2.75) is 46.6 Å². The number of carbonyl (C=O) groups excluding carboxylic acids is 1. The van der Waals surface area contributed by atoms with E-state index in [0.717, 1.165) is 36.9 Å². The number of ketones is 1. The van der Waals surface area contributed by atoms with E-state index in [1.54, 1.807) is 12.1 Å². The summed E-state index contributed by atoms with van der Waals surface area (Å²) in [6.45, 7) is 7.57. The fraction of sp³-hybridized carbons (Fsp3) is 0.375. The molecule has 3 rings (SSSR count). The first-order valence-corrected chi connectivity index (χ1v) is 10.0. The van der Waals surface area contributed by atoms with Gasteiger partial charge >= 0.3 is 0 Å². The SMILES string of the molecule is CCCCN(C)Cc1c(O)cc(C)c2c1O/C(=C\c1ccc(CC)cc1)C2=O. The number of rotatable bonds is 7. The molecule has 0 fully saturated rings. The van der Waals surface area contributed by atoms with Crippen molar-refractivity contribution in [3.05, 3.63) is 63.9 Å². The van der Waals surface area contributed by atoms with Gasteiger partial charge in [0, 0.05) is 6.54 Å². The van der Waals surface area contributed by atoms with E-state index in [0.29, 0.717) is 29.2 Å². The number of allylic oxidation sites excluding steroid dienone is 1. The first-order valence-electron chi connectivity index (χ1n) is 10.0. The van der Waals surface area contributed by atoms with Crippen molar-refractivity contribution in [3.63, 3.8) is 0 Å². The molecule has 1 aliphatic heterocycles. The van der Waals surface area contributed by atoms with Crippen molar-refractivity contribution in [2.24, 2.45) is 0 Å². The average molecular weight is 380 g/mol. The molecular weight excluding hydrogens is 350 g/mol. The molecule has 0 bridgehead atoms. The summed E-state index contributed by atoms with van der Waals surface area (Å²) in [4.78, 5) is 15.1. The van der Waals surface area contributed by atoms with Gasteiger partial charge in [0.2, 0.25) is 5.78 Å². The summed E-state index contributed by atoms with van der Waals surface area (Å²) in [6.07, 6.45) is 4.96. The van der Waals surface area contributed by atoms with E-state index in [1.165, 1.54) is 5.56 Å². The Morgan fingerprint density at radius 1 is 1.18 bits per heavy atom. The van der Waals surface area contributed by atoms with Crippen LogP contribution in [0, 0.1) is 6.92 Å². The predicted molar refractivity (Wildman–Crippen MR) is 113 cm³/mol. The van der Waals surface area contributed by atoms with Gasteiger partial charge in [0.05, 0.1) is 11.1 Å². The van der Waals surface area contributed by atoms with Gasteiger partial charge in [-0.15, -0.1) is 0 Å². The highest BCUT2D eigenvalue weighted by atomic mass is 16.5. The Labute approximate surface area is 167 Å². The largest absolute Gasteiger partial charge is 0.507 e.